The molecule has 0 bridgehead atoms. The number of carbonyl (C=O) groups excluding carboxylic acids is 1. The molecule has 0 aromatic carbocycles. The van der Waals surface area contributed by atoms with E-state index in [1.165, 1.54) is 0 Å². The first-order valence-corrected chi connectivity index (χ1v) is 11.9. The Bertz CT molecular complexity index is 937. The number of carbonyl (C=O) groups is 1. The number of hydrogen-bond donors (Lipinski definition) is 2. The van der Waals surface area contributed by atoms with Gasteiger partial charge < -0.3 is 25.2 Å². The van der Waals surface area contributed by atoms with Gasteiger partial charge in [-0.2, -0.15) is 10.1 Å². The molecule has 2 aromatic rings. The van der Waals surface area contributed by atoms with Gasteiger partial charge in [-0.15, -0.1) is 0 Å². The summed E-state index contributed by atoms with van der Waals surface area (Å²) in [6.07, 6.45) is 6.60. The lowest BCUT2D eigenvalue weighted by Gasteiger charge is -2.19. The monoisotopic (exact) mass is 506 g/mol. The molecule has 4 heterocycles. The van der Waals surface area contributed by atoms with Gasteiger partial charge in [0.25, 0.3) is 0 Å². The predicted octanol–water partition coefficient (Wildman–Crippen LogP) is 2.42. The Balaban J connectivity index is 1.32. The molecule has 32 heavy (non-hydrogen) atoms. The van der Waals surface area contributed by atoms with Crippen molar-refractivity contribution in [2.75, 3.05) is 63.6 Å². The molecule has 2 saturated heterocycles. The summed E-state index contributed by atoms with van der Waals surface area (Å²) >= 11 is 3.52. The number of aryl methyl sites for hydroxylation is 1. The molecule has 4 rings (SSSR count). The molecule has 1 amide bonds. The van der Waals surface area contributed by atoms with Crippen LogP contribution in [0.5, 0.6) is 0 Å². The van der Waals surface area contributed by atoms with Crippen LogP contribution < -0.4 is 10.6 Å². The van der Waals surface area contributed by atoms with Crippen molar-refractivity contribution in [1.82, 2.24) is 29.5 Å². The van der Waals surface area contributed by atoms with Gasteiger partial charge in [0.05, 0.1) is 21.9 Å². The van der Waals surface area contributed by atoms with Gasteiger partial charge in [-0.1, -0.05) is 0 Å². The number of nitrogens with zero attached hydrogens (tertiary/aromatic N) is 6. The number of halogens is 1. The maximum atomic E-state index is 12.0. The average Bonchev–Trinajstić information content (AvgIpc) is 3.30. The molecule has 11 heteroatoms. The first-order chi connectivity index (χ1) is 15.5. The van der Waals surface area contributed by atoms with Crippen molar-refractivity contribution < 1.29 is 9.53 Å². The molecular formula is C21H31BrN8O2. The SMILES string of the molecule is Cc1nn([C@@H]2CCN(C)C2)cc1Nc1ncc(Br)c(NCCCN2CCCOCC2=O)n1. The van der Waals surface area contributed by atoms with E-state index in [1.807, 2.05) is 22.7 Å². The zero-order chi connectivity index (χ0) is 22.5. The van der Waals surface area contributed by atoms with Gasteiger partial charge in [-0.25, -0.2) is 4.98 Å². The van der Waals surface area contributed by atoms with E-state index in [2.05, 4.69) is 53.6 Å². The van der Waals surface area contributed by atoms with Gasteiger partial charge in [-0.05, 0) is 55.7 Å². The molecule has 0 saturated carbocycles. The van der Waals surface area contributed by atoms with Crippen LogP contribution in [0.2, 0.25) is 0 Å². The Morgan fingerprint density at radius 1 is 1.34 bits per heavy atom. The summed E-state index contributed by atoms with van der Waals surface area (Å²) in [6, 6.07) is 0.403. The van der Waals surface area contributed by atoms with Gasteiger partial charge in [0.1, 0.15) is 12.4 Å². The molecule has 0 radical (unpaired) electrons. The van der Waals surface area contributed by atoms with Crippen LogP contribution >= 0.6 is 15.9 Å². The van der Waals surface area contributed by atoms with Gasteiger partial charge in [0.2, 0.25) is 11.9 Å². The van der Waals surface area contributed by atoms with E-state index in [0.717, 1.165) is 60.6 Å². The second kappa shape index (κ2) is 10.6. The van der Waals surface area contributed by atoms with Crippen molar-refractivity contribution in [3.63, 3.8) is 0 Å². The summed E-state index contributed by atoms with van der Waals surface area (Å²) < 4.78 is 8.13. The normalized spacial score (nSPS) is 19.9. The maximum absolute atomic E-state index is 12.0. The first kappa shape index (κ1) is 22.9. The minimum absolute atomic E-state index is 0.0670. The third-order valence-electron chi connectivity index (χ3n) is 5.84. The fraction of sp³-hybridized carbons (Fsp3) is 0.619. The Morgan fingerprint density at radius 2 is 2.22 bits per heavy atom. The number of likely N-dealkylation sites (tertiary alicyclic amines) is 1. The summed E-state index contributed by atoms with van der Waals surface area (Å²) in [6.45, 7) is 7.10. The van der Waals surface area contributed by atoms with E-state index in [4.69, 9.17) is 4.74 Å². The number of amides is 1. The molecule has 2 aliphatic heterocycles. The molecule has 0 spiro atoms. The largest absolute Gasteiger partial charge is 0.372 e. The lowest BCUT2D eigenvalue weighted by atomic mass is 10.3. The summed E-state index contributed by atoms with van der Waals surface area (Å²) in [5.74, 6) is 1.30. The van der Waals surface area contributed by atoms with E-state index in [9.17, 15) is 4.79 Å². The van der Waals surface area contributed by atoms with Crippen molar-refractivity contribution >= 4 is 39.3 Å². The van der Waals surface area contributed by atoms with Crippen LogP contribution in [0.3, 0.4) is 0 Å². The molecule has 2 aliphatic rings. The number of aromatic nitrogens is 4. The predicted molar refractivity (Wildman–Crippen MR) is 126 cm³/mol. The number of hydrogen-bond acceptors (Lipinski definition) is 8. The summed E-state index contributed by atoms with van der Waals surface area (Å²) in [5.41, 5.74) is 1.83. The highest BCUT2D eigenvalue weighted by atomic mass is 79.9. The fourth-order valence-corrected chi connectivity index (χ4v) is 4.37. The highest BCUT2D eigenvalue weighted by Gasteiger charge is 2.23. The number of rotatable bonds is 8. The molecule has 0 aliphatic carbocycles. The molecule has 10 nitrogen and oxygen atoms in total. The standard InChI is InChI=1S/C21H31BrN8O2/c1-15-18(13-30(27-15)16-5-9-28(2)12-16)25-21-24-11-17(22)20(26-21)23-6-3-7-29-8-4-10-32-14-19(29)31/h11,13,16H,3-10,12,14H2,1-2H3,(H2,23,24,25,26)/t16-/m1/s1. The second-order valence-corrected chi connectivity index (χ2v) is 9.25. The van der Waals surface area contributed by atoms with E-state index >= 15 is 0 Å². The lowest BCUT2D eigenvalue weighted by Crippen LogP contribution is -2.34. The summed E-state index contributed by atoms with van der Waals surface area (Å²) in [7, 11) is 2.14. The first-order valence-electron chi connectivity index (χ1n) is 11.1. The van der Waals surface area contributed by atoms with Crippen LogP contribution in [0.15, 0.2) is 16.9 Å². The smallest absolute Gasteiger partial charge is 0.248 e. The van der Waals surface area contributed by atoms with E-state index in [1.54, 1.807) is 6.20 Å². The third-order valence-corrected chi connectivity index (χ3v) is 6.42. The van der Waals surface area contributed by atoms with E-state index in [-0.39, 0.29) is 12.5 Å². The summed E-state index contributed by atoms with van der Waals surface area (Å²) in [4.78, 5) is 25.2. The molecule has 2 N–H and O–H groups in total. The third kappa shape index (κ3) is 5.76. The molecule has 2 fully saturated rings. The van der Waals surface area contributed by atoms with Crippen LogP contribution in [-0.2, 0) is 9.53 Å². The van der Waals surface area contributed by atoms with Crippen molar-refractivity contribution in [3.05, 3.63) is 22.6 Å². The van der Waals surface area contributed by atoms with Crippen LogP contribution in [-0.4, -0.2) is 88.4 Å². The van der Waals surface area contributed by atoms with Gasteiger partial charge in [0.15, 0.2) is 0 Å². The minimum Gasteiger partial charge on any atom is -0.372 e. The summed E-state index contributed by atoms with van der Waals surface area (Å²) in [5, 5.41) is 11.3. The maximum Gasteiger partial charge on any atom is 0.248 e. The van der Waals surface area contributed by atoms with Crippen molar-refractivity contribution in [3.8, 4) is 0 Å². The second-order valence-electron chi connectivity index (χ2n) is 8.40. The van der Waals surface area contributed by atoms with Crippen LogP contribution in [0, 0.1) is 6.92 Å². The minimum atomic E-state index is 0.0670. The van der Waals surface area contributed by atoms with Crippen LogP contribution in [0.1, 0.15) is 31.0 Å². The van der Waals surface area contributed by atoms with Gasteiger partial charge >= 0.3 is 0 Å². The Labute approximate surface area is 196 Å². The number of likely N-dealkylation sites (N-methyl/N-ethyl adjacent to an activating group) is 1. The molecule has 174 valence electrons. The molecule has 0 unspecified atom stereocenters. The van der Waals surface area contributed by atoms with Crippen LogP contribution in [0.25, 0.3) is 0 Å². The van der Waals surface area contributed by atoms with Crippen LogP contribution in [0.4, 0.5) is 17.5 Å². The highest BCUT2D eigenvalue weighted by Crippen LogP contribution is 2.26. The molecular weight excluding hydrogens is 476 g/mol. The van der Waals surface area contributed by atoms with E-state index in [0.29, 0.717) is 31.7 Å². The Hall–Kier alpha value is -2.24. The molecule has 1 atom stereocenters. The number of anilines is 3. The number of ether oxygens (including phenoxy) is 1. The number of nitrogens with one attached hydrogen (secondary N) is 2. The van der Waals surface area contributed by atoms with Crippen molar-refractivity contribution in [1.29, 1.82) is 0 Å². The average molecular weight is 507 g/mol. The lowest BCUT2D eigenvalue weighted by molar-refractivity contribution is -0.133. The molecule has 2 aromatic heterocycles. The quantitative estimate of drug-likeness (QED) is 0.526. The zero-order valence-corrected chi connectivity index (χ0v) is 20.3. The zero-order valence-electron chi connectivity index (χ0n) is 18.7. The van der Waals surface area contributed by atoms with Gasteiger partial charge in [-0.3, -0.25) is 9.48 Å². The Kier molecular flexibility index (Phi) is 7.59. The topological polar surface area (TPSA) is 100 Å². The fourth-order valence-electron chi connectivity index (χ4n) is 4.04. The highest BCUT2D eigenvalue weighted by molar-refractivity contribution is 9.10. The van der Waals surface area contributed by atoms with Crippen molar-refractivity contribution in [2.24, 2.45) is 0 Å². The van der Waals surface area contributed by atoms with Gasteiger partial charge in [0, 0.05) is 45.2 Å². The van der Waals surface area contributed by atoms with E-state index < -0.39 is 0 Å². The Morgan fingerprint density at radius 3 is 3.03 bits per heavy atom. The van der Waals surface area contributed by atoms with Crippen molar-refractivity contribution in [2.45, 2.75) is 32.2 Å².